The van der Waals surface area contributed by atoms with E-state index in [9.17, 15) is 13.3 Å². The normalized spacial score (nSPS) is 15.2. The molecule has 1 aliphatic heterocycles. The Morgan fingerprint density at radius 3 is 2.71 bits per heavy atom. The number of pyridine rings is 1. The van der Waals surface area contributed by atoms with Gasteiger partial charge in [-0.05, 0) is 47.5 Å². The van der Waals surface area contributed by atoms with Gasteiger partial charge in [-0.1, -0.05) is 12.1 Å². The number of nitrogens with one attached hydrogen (secondary N) is 1. The van der Waals surface area contributed by atoms with Crippen LogP contribution in [-0.2, 0) is 16.3 Å². The molecule has 2 aromatic carbocycles. The maximum absolute atomic E-state index is 12.2. The van der Waals surface area contributed by atoms with Gasteiger partial charge in [0.1, 0.15) is 5.69 Å². The van der Waals surface area contributed by atoms with Crippen LogP contribution in [0.1, 0.15) is 5.56 Å². The molecule has 1 N–H and O–H groups in total. The first kappa shape index (κ1) is 14.8. The fourth-order valence-corrected chi connectivity index (χ4v) is 4.64. The zero-order chi connectivity index (χ0) is 16.7. The number of para-hydroxylation sites is 1. The van der Waals surface area contributed by atoms with E-state index in [1.165, 1.54) is 0 Å². The Morgan fingerprint density at radius 2 is 1.88 bits per heavy atom. The van der Waals surface area contributed by atoms with E-state index >= 15 is 0 Å². The predicted octanol–water partition coefficient (Wildman–Crippen LogP) is 3.71. The molecule has 0 bridgehead atoms. The Bertz CT molecular complexity index is 1080. The summed E-state index contributed by atoms with van der Waals surface area (Å²) in [5.41, 5.74) is 3.07. The largest absolute Gasteiger partial charge is 0.353 e. The number of hydrogen-bond acceptors (Lipinski definition) is 6. The molecule has 1 aromatic heterocycles. The number of fused-ring (bicyclic) bond motifs is 3. The number of benzene rings is 2. The van der Waals surface area contributed by atoms with Gasteiger partial charge in [0.15, 0.2) is 9.84 Å². The SMILES string of the molecule is O=Nc1ccccc1Nc1ccnc2ccc3c(c12)CCS3(=O)=O. The zero-order valence-electron chi connectivity index (χ0n) is 12.6. The summed E-state index contributed by atoms with van der Waals surface area (Å²) in [6.07, 6.45) is 2.11. The molecular formula is C17H13N3O3S. The number of hydrogen-bond donors (Lipinski definition) is 1. The molecule has 0 atom stereocenters. The monoisotopic (exact) mass is 339 g/mol. The van der Waals surface area contributed by atoms with E-state index in [2.05, 4.69) is 15.5 Å². The average molecular weight is 339 g/mol. The van der Waals surface area contributed by atoms with Crippen LogP contribution in [0.2, 0.25) is 0 Å². The van der Waals surface area contributed by atoms with Crippen molar-refractivity contribution in [3.05, 3.63) is 59.1 Å². The standard InChI is InChI=1S/C17H13N3O3S/c21-20-13-4-2-1-3-12(13)19-15-7-9-18-14-5-6-16-11(17(14)15)8-10-24(16,22)23/h1-7,9H,8,10H2,(H,18,19). The van der Waals surface area contributed by atoms with E-state index in [0.717, 1.165) is 10.9 Å². The number of nitrogens with zero attached hydrogens (tertiary/aromatic N) is 2. The van der Waals surface area contributed by atoms with E-state index in [0.29, 0.717) is 33.9 Å². The van der Waals surface area contributed by atoms with Crippen LogP contribution in [0.25, 0.3) is 10.9 Å². The first-order valence-electron chi connectivity index (χ1n) is 7.43. The third kappa shape index (κ3) is 2.25. The van der Waals surface area contributed by atoms with Gasteiger partial charge in [-0.15, -0.1) is 4.91 Å². The molecule has 0 unspecified atom stereocenters. The molecule has 0 fully saturated rings. The number of sulfone groups is 1. The summed E-state index contributed by atoms with van der Waals surface area (Å²) in [6.45, 7) is 0. The fourth-order valence-electron chi connectivity index (χ4n) is 3.09. The van der Waals surface area contributed by atoms with E-state index in [1.54, 1.807) is 48.7 Å². The highest BCUT2D eigenvalue weighted by molar-refractivity contribution is 7.91. The van der Waals surface area contributed by atoms with Crippen LogP contribution in [0.15, 0.2) is 58.7 Å². The quantitative estimate of drug-likeness (QED) is 0.735. The van der Waals surface area contributed by atoms with Gasteiger partial charge in [0.2, 0.25) is 0 Å². The molecule has 24 heavy (non-hydrogen) atoms. The third-order valence-corrected chi connectivity index (χ3v) is 5.99. The highest BCUT2D eigenvalue weighted by atomic mass is 32.2. The lowest BCUT2D eigenvalue weighted by Gasteiger charge is -2.13. The minimum atomic E-state index is -3.22. The molecule has 0 saturated carbocycles. The molecule has 7 heteroatoms. The fraction of sp³-hybridized carbons (Fsp3) is 0.118. The van der Waals surface area contributed by atoms with Crippen LogP contribution in [0.4, 0.5) is 17.1 Å². The number of nitroso groups, excluding NO2 is 1. The van der Waals surface area contributed by atoms with E-state index in [-0.39, 0.29) is 5.75 Å². The van der Waals surface area contributed by atoms with Crippen LogP contribution in [0.5, 0.6) is 0 Å². The first-order chi connectivity index (χ1) is 11.6. The molecule has 4 rings (SSSR count). The smallest absolute Gasteiger partial charge is 0.179 e. The van der Waals surface area contributed by atoms with Crippen LogP contribution in [0.3, 0.4) is 0 Å². The molecule has 2 heterocycles. The molecule has 120 valence electrons. The van der Waals surface area contributed by atoms with Crippen molar-refractivity contribution in [2.45, 2.75) is 11.3 Å². The third-order valence-electron chi connectivity index (χ3n) is 4.20. The lowest BCUT2D eigenvalue weighted by atomic mass is 10.0. The molecule has 1 aliphatic rings. The Hall–Kier alpha value is -2.80. The van der Waals surface area contributed by atoms with Crippen LogP contribution >= 0.6 is 0 Å². The van der Waals surface area contributed by atoms with Crippen molar-refractivity contribution >= 4 is 37.8 Å². The maximum atomic E-state index is 12.2. The average Bonchev–Trinajstić information content (AvgIpc) is 2.91. The van der Waals surface area contributed by atoms with Crippen molar-refractivity contribution in [1.82, 2.24) is 4.98 Å². The molecule has 0 amide bonds. The van der Waals surface area contributed by atoms with Gasteiger partial charge < -0.3 is 5.32 Å². The Morgan fingerprint density at radius 1 is 1.04 bits per heavy atom. The van der Waals surface area contributed by atoms with Crippen LogP contribution < -0.4 is 5.32 Å². The topological polar surface area (TPSA) is 88.5 Å². The van der Waals surface area contributed by atoms with Crippen molar-refractivity contribution < 1.29 is 8.42 Å². The lowest BCUT2D eigenvalue weighted by Crippen LogP contribution is -1.99. The van der Waals surface area contributed by atoms with Crippen molar-refractivity contribution in [2.24, 2.45) is 5.18 Å². The second-order valence-electron chi connectivity index (χ2n) is 5.60. The van der Waals surface area contributed by atoms with E-state index in [4.69, 9.17) is 0 Å². The molecule has 0 spiro atoms. The molecule has 0 radical (unpaired) electrons. The van der Waals surface area contributed by atoms with E-state index < -0.39 is 9.84 Å². The van der Waals surface area contributed by atoms with Crippen molar-refractivity contribution in [1.29, 1.82) is 0 Å². The number of rotatable bonds is 3. The number of aryl methyl sites for hydroxylation is 1. The summed E-state index contributed by atoms with van der Waals surface area (Å²) in [7, 11) is -3.22. The van der Waals surface area contributed by atoms with Gasteiger partial charge in [-0.2, -0.15) is 0 Å². The molecule has 0 saturated heterocycles. The van der Waals surface area contributed by atoms with Gasteiger partial charge in [0, 0.05) is 17.3 Å². The minimum absolute atomic E-state index is 0.113. The van der Waals surface area contributed by atoms with Crippen molar-refractivity contribution in [3.8, 4) is 0 Å². The predicted molar refractivity (Wildman–Crippen MR) is 92.7 cm³/mol. The highest BCUT2D eigenvalue weighted by Gasteiger charge is 2.28. The van der Waals surface area contributed by atoms with Gasteiger partial charge in [-0.25, -0.2) is 8.42 Å². The Labute approximate surface area is 138 Å². The van der Waals surface area contributed by atoms with Gasteiger partial charge in [0.25, 0.3) is 0 Å². The Balaban J connectivity index is 1.94. The van der Waals surface area contributed by atoms with Gasteiger partial charge in [-0.3, -0.25) is 4.98 Å². The minimum Gasteiger partial charge on any atom is -0.353 e. The van der Waals surface area contributed by atoms with Crippen molar-refractivity contribution in [2.75, 3.05) is 11.1 Å². The lowest BCUT2D eigenvalue weighted by molar-refractivity contribution is 0.600. The van der Waals surface area contributed by atoms with Gasteiger partial charge in [0.05, 0.1) is 21.9 Å². The molecule has 6 nitrogen and oxygen atoms in total. The van der Waals surface area contributed by atoms with Crippen LogP contribution in [-0.4, -0.2) is 19.2 Å². The zero-order valence-corrected chi connectivity index (χ0v) is 13.4. The summed E-state index contributed by atoms with van der Waals surface area (Å²) in [5.74, 6) is 0.113. The summed E-state index contributed by atoms with van der Waals surface area (Å²) in [6, 6.07) is 12.0. The number of anilines is 2. The van der Waals surface area contributed by atoms with Crippen LogP contribution in [0, 0.1) is 4.91 Å². The summed E-state index contributed by atoms with van der Waals surface area (Å²) < 4.78 is 24.3. The molecule has 3 aromatic rings. The molecular weight excluding hydrogens is 326 g/mol. The summed E-state index contributed by atoms with van der Waals surface area (Å²) in [5, 5.41) is 6.99. The first-order valence-corrected chi connectivity index (χ1v) is 9.08. The maximum Gasteiger partial charge on any atom is 0.179 e. The second kappa shape index (κ2) is 5.38. The molecule has 0 aliphatic carbocycles. The van der Waals surface area contributed by atoms with Gasteiger partial charge >= 0.3 is 0 Å². The number of aromatic nitrogens is 1. The summed E-state index contributed by atoms with van der Waals surface area (Å²) >= 11 is 0. The Kier molecular flexibility index (Phi) is 3.31. The highest BCUT2D eigenvalue weighted by Crippen LogP contribution is 2.37. The van der Waals surface area contributed by atoms with E-state index in [1.807, 2.05) is 0 Å². The second-order valence-corrected chi connectivity index (χ2v) is 7.67. The summed E-state index contributed by atoms with van der Waals surface area (Å²) in [4.78, 5) is 15.7. The van der Waals surface area contributed by atoms with Crippen molar-refractivity contribution in [3.63, 3.8) is 0 Å².